The van der Waals surface area contributed by atoms with E-state index in [1.54, 1.807) is 12.1 Å². The van der Waals surface area contributed by atoms with Gasteiger partial charge in [-0.2, -0.15) is 0 Å². The molecule has 1 aliphatic carbocycles. The van der Waals surface area contributed by atoms with Crippen LogP contribution in [0.15, 0.2) is 24.3 Å². The van der Waals surface area contributed by atoms with E-state index in [-0.39, 0.29) is 24.1 Å². The van der Waals surface area contributed by atoms with Crippen LogP contribution in [-0.4, -0.2) is 23.7 Å². The standard InChI is InChI=1S/C16H22FNO2/c17-14-9-5-4-8-13(14)16(20)18-15(10-11-19)12-6-2-1-3-7-12/h4-5,8-9,12,15,19H,1-3,6-7,10-11H2,(H,18,20). The molecule has 1 atom stereocenters. The van der Waals surface area contributed by atoms with E-state index in [0.717, 1.165) is 12.8 Å². The Morgan fingerprint density at radius 1 is 1.30 bits per heavy atom. The predicted molar refractivity (Wildman–Crippen MR) is 75.9 cm³/mol. The van der Waals surface area contributed by atoms with Gasteiger partial charge in [0.15, 0.2) is 0 Å². The lowest BCUT2D eigenvalue weighted by molar-refractivity contribution is 0.0895. The van der Waals surface area contributed by atoms with E-state index in [1.165, 1.54) is 31.4 Å². The van der Waals surface area contributed by atoms with Gasteiger partial charge >= 0.3 is 0 Å². The van der Waals surface area contributed by atoms with Crippen LogP contribution in [-0.2, 0) is 0 Å². The number of halogens is 1. The third kappa shape index (κ3) is 3.79. The maximum Gasteiger partial charge on any atom is 0.254 e. The second-order valence-corrected chi connectivity index (χ2v) is 5.47. The van der Waals surface area contributed by atoms with E-state index in [2.05, 4.69) is 5.32 Å². The Balaban J connectivity index is 2.03. The lowest BCUT2D eigenvalue weighted by Crippen LogP contribution is -2.42. The maximum absolute atomic E-state index is 13.6. The fourth-order valence-electron chi connectivity index (χ4n) is 2.99. The fraction of sp³-hybridized carbons (Fsp3) is 0.562. The second kappa shape index (κ2) is 7.39. The minimum absolute atomic E-state index is 0.0404. The van der Waals surface area contributed by atoms with Crippen LogP contribution >= 0.6 is 0 Å². The average Bonchev–Trinajstić information content (AvgIpc) is 2.48. The molecule has 110 valence electrons. The zero-order chi connectivity index (χ0) is 14.4. The van der Waals surface area contributed by atoms with Crippen LogP contribution in [0.1, 0.15) is 48.9 Å². The summed E-state index contributed by atoms with van der Waals surface area (Å²) in [6.07, 6.45) is 6.25. The first-order valence-electron chi connectivity index (χ1n) is 7.38. The Kier molecular flexibility index (Phi) is 5.53. The first-order chi connectivity index (χ1) is 9.72. The highest BCUT2D eigenvalue weighted by molar-refractivity contribution is 5.94. The van der Waals surface area contributed by atoms with Gasteiger partial charge in [-0.1, -0.05) is 31.4 Å². The topological polar surface area (TPSA) is 49.3 Å². The number of carbonyl (C=O) groups is 1. The molecule has 3 nitrogen and oxygen atoms in total. The van der Waals surface area contributed by atoms with Gasteiger partial charge in [0.05, 0.1) is 5.56 Å². The third-order valence-corrected chi connectivity index (χ3v) is 4.09. The highest BCUT2D eigenvalue weighted by Crippen LogP contribution is 2.28. The lowest BCUT2D eigenvalue weighted by Gasteiger charge is -2.30. The number of aliphatic hydroxyl groups is 1. The second-order valence-electron chi connectivity index (χ2n) is 5.47. The number of amides is 1. The van der Waals surface area contributed by atoms with Crippen molar-refractivity contribution >= 4 is 5.91 Å². The summed E-state index contributed by atoms with van der Waals surface area (Å²) in [5.74, 6) is -0.491. The Labute approximate surface area is 119 Å². The molecular formula is C16H22FNO2. The van der Waals surface area contributed by atoms with Gasteiger partial charge in [-0.05, 0) is 37.3 Å². The molecule has 2 rings (SSSR count). The quantitative estimate of drug-likeness (QED) is 0.870. The molecule has 0 aliphatic heterocycles. The van der Waals surface area contributed by atoms with Crippen molar-refractivity contribution in [1.82, 2.24) is 5.32 Å². The van der Waals surface area contributed by atoms with Gasteiger partial charge in [-0.25, -0.2) is 4.39 Å². The van der Waals surface area contributed by atoms with E-state index >= 15 is 0 Å². The van der Waals surface area contributed by atoms with Gasteiger partial charge in [0.1, 0.15) is 5.82 Å². The number of nitrogens with one attached hydrogen (secondary N) is 1. The maximum atomic E-state index is 13.6. The van der Waals surface area contributed by atoms with Gasteiger partial charge in [-0.3, -0.25) is 4.79 Å². The first kappa shape index (κ1) is 15.0. The number of aliphatic hydroxyl groups excluding tert-OH is 1. The molecule has 0 aromatic heterocycles. The van der Waals surface area contributed by atoms with Crippen LogP contribution < -0.4 is 5.32 Å². The van der Waals surface area contributed by atoms with E-state index in [4.69, 9.17) is 0 Å². The molecule has 2 N–H and O–H groups in total. The largest absolute Gasteiger partial charge is 0.396 e. The Morgan fingerprint density at radius 3 is 2.65 bits per heavy atom. The molecule has 0 radical (unpaired) electrons. The van der Waals surface area contributed by atoms with Crippen molar-refractivity contribution in [2.45, 2.75) is 44.6 Å². The number of hydrogen-bond donors (Lipinski definition) is 2. The zero-order valence-corrected chi connectivity index (χ0v) is 11.6. The van der Waals surface area contributed by atoms with E-state index in [1.807, 2.05) is 0 Å². The summed E-state index contributed by atoms with van der Waals surface area (Å²) >= 11 is 0. The summed E-state index contributed by atoms with van der Waals surface area (Å²) in [5, 5.41) is 12.1. The fourth-order valence-corrected chi connectivity index (χ4v) is 2.99. The molecule has 0 bridgehead atoms. The molecule has 1 aliphatic rings. The van der Waals surface area contributed by atoms with Gasteiger partial charge in [0.25, 0.3) is 5.91 Å². The average molecular weight is 279 g/mol. The van der Waals surface area contributed by atoms with Crippen LogP contribution in [0.5, 0.6) is 0 Å². The van der Waals surface area contributed by atoms with Crippen molar-refractivity contribution < 1.29 is 14.3 Å². The van der Waals surface area contributed by atoms with Crippen LogP contribution in [0.2, 0.25) is 0 Å². The smallest absolute Gasteiger partial charge is 0.254 e. The van der Waals surface area contributed by atoms with Crippen molar-refractivity contribution in [3.05, 3.63) is 35.6 Å². The Bertz CT molecular complexity index is 444. The van der Waals surface area contributed by atoms with Gasteiger partial charge < -0.3 is 10.4 Å². The number of rotatable bonds is 5. The SMILES string of the molecule is O=C(NC(CCO)C1CCCCC1)c1ccccc1F. The van der Waals surface area contributed by atoms with Crippen LogP contribution in [0.4, 0.5) is 4.39 Å². The molecule has 4 heteroatoms. The molecule has 1 aromatic rings. The van der Waals surface area contributed by atoms with Crippen LogP contribution in [0.3, 0.4) is 0 Å². The summed E-state index contributed by atoms with van der Waals surface area (Å²) in [7, 11) is 0. The third-order valence-electron chi connectivity index (χ3n) is 4.09. The monoisotopic (exact) mass is 279 g/mol. The summed E-state index contributed by atoms with van der Waals surface area (Å²) < 4.78 is 13.6. The van der Waals surface area contributed by atoms with Gasteiger partial charge in [-0.15, -0.1) is 0 Å². The van der Waals surface area contributed by atoms with E-state index < -0.39 is 5.82 Å². The Morgan fingerprint density at radius 2 is 2.00 bits per heavy atom. The van der Waals surface area contributed by atoms with Crippen molar-refractivity contribution in [2.24, 2.45) is 5.92 Å². The molecule has 0 spiro atoms. The van der Waals surface area contributed by atoms with E-state index in [9.17, 15) is 14.3 Å². The molecular weight excluding hydrogens is 257 g/mol. The van der Waals surface area contributed by atoms with Crippen molar-refractivity contribution in [2.75, 3.05) is 6.61 Å². The van der Waals surface area contributed by atoms with Crippen molar-refractivity contribution in [3.63, 3.8) is 0 Å². The van der Waals surface area contributed by atoms with Gasteiger partial charge in [0, 0.05) is 12.6 Å². The van der Waals surface area contributed by atoms with Crippen LogP contribution in [0.25, 0.3) is 0 Å². The van der Waals surface area contributed by atoms with Crippen molar-refractivity contribution in [1.29, 1.82) is 0 Å². The van der Waals surface area contributed by atoms with E-state index in [0.29, 0.717) is 12.3 Å². The summed E-state index contributed by atoms with van der Waals surface area (Å²) in [4.78, 5) is 12.2. The number of benzene rings is 1. The first-order valence-corrected chi connectivity index (χ1v) is 7.38. The summed E-state index contributed by atoms with van der Waals surface area (Å²) in [5.41, 5.74) is 0.0752. The Hall–Kier alpha value is -1.42. The highest BCUT2D eigenvalue weighted by atomic mass is 19.1. The molecule has 1 fully saturated rings. The number of hydrogen-bond acceptors (Lipinski definition) is 2. The molecule has 1 aromatic carbocycles. The molecule has 0 heterocycles. The van der Waals surface area contributed by atoms with Crippen LogP contribution in [0, 0.1) is 11.7 Å². The minimum Gasteiger partial charge on any atom is -0.396 e. The predicted octanol–water partition coefficient (Wildman–Crippen LogP) is 2.89. The molecule has 0 saturated heterocycles. The number of carbonyl (C=O) groups excluding carboxylic acids is 1. The minimum atomic E-state index is -0.503. The highest BCUT2D eigenvalue weighted by Gasteiger charge is 2.25. The molecule has 1 saturated carbocycles. The summed E-state index contributed by atoms with van der Waals surface area (Å²) in [6.45, 7) is 0.0404. The molecule has 20 heavy (non-hydrogen) atoms. The molecule has 1 unspecified atom stereocenters. The normalized spacial score (nSPS) is 17.7. The molecule has 1 amide bonds. The zero-order valence-electron chi connectivity index (χ0n) is 11.6. The lowest BCUT2D eigenvalue weighted by atomic mass is 9.82. The van der Waals surface area contributed by atoms with Gasteiger partial charge in [0.2, 0.25) is 0 Å². The van der Waals surface area contributed by atoms with Crippen molar-refractivity contribution in [3.8, 4) is 0 Å². The summed E-state index contributed by atoms with van der Waals surface area (Å²) in [6, 6.07) is 5.93.